The minimum absolute atomic E-state index is 0.0167. The third-order valence-corrected chi connectivity index (χ3v) is 5.29. The van der Waals surface area contributed by atoms with Crippen molar-refractivity contribution in [1.29, 1.82) is 0 Å². The Morgan fingerprint density at radius 3 is 1.73 bits per heavy atom. The number of rotatable bonds is 6. The Bertz CT molecular complexity index is 720. The molecule has 0 amide bonds. The molecule has 0 N–H and O–H groups in total. The smallest absolute Gasteiger partial charge is 0.135 e. The zero-order valence-electron chi connectivity index (χ0n) is 16.6. The average molecular weight is 355 g/mol. The third kappa shape index (κ3) is 2.81. The highest BCUT2D eigenvalue weighted by molar-refractivity contribution is 5.79. The molecule has 0 fully saturated rings. The van der Waals surface area contributed by atoms with Crippen molar-refractivity contribution in [3.8, 4) is 11.5 Å². The molecule has 0 atom stereocenters. The number of hydrogen-bond acceptors (Lipinski definition) is 5. The molecule has 140 valence electrons. The summed E-state index contributed by atoms with van der Waals surface area (Å²) in [7, 11) is 7.69. The van der Waals surface area contributed by atoms with Crippen molar-refractivity contribution in [2.24, 2.45) is 0 Å². The van der Waals surface area contributed by atoms with E-state index in [9.17, 15) is 0 Å². The Morgan fingerprint density at radius 1 is 0.885 bits per heavy atom. The van der Waals surface area contributed by atoms with E-state index in [0.29, 0.717) is 0 Å². The Labute approximate surface area is 156 Å². The van der Waals surface area contributed by atoms with E-state index in [1.54, 1.807) is 14.2 Å². The van der Waals surface area contributed by atoms with Crippen LogP contribution in [0.2, 0.25) is 0 Å². The molecule has 5 heteroatoms. The van der Waals surface area contributed by atoms with Crippen LogP contribution in [-0.4, -0.2) is 41.4 Å². The van der Waals surface area contributed by atoms with Crippen LogP contribution in [0, 0.1) is 0 Å². The quantitative estimate of drug-likeness (QED) is 0.777. The van der Waals surface area contributed by atoms with Crippen LogP contribution in [0.15, 0.2) is 36.4 Å². The lowest BCUT2D eigenvalue weighted by Gasteiger charge is -2.32. The summed E-state index contributed by atoms with van der Waals surface area (Å²) in [4.78, 5) is 6.84. The summed E-state index contributed by atoms with van der Waals surface area (Å²) >= 11 is 0. The Balaban J connectivity index is 2.13. The molecule has 0 saturated carbocycles. The lowest BCUT2D eigenvalue weighted by molar-refractivity contribution is 0.378. The van der Waals surface area contributed by atoms with Gasteiger partial charge in [0.15, 0.2) is 0 Å². The summed E-state index contributed by atoms with van der Waals surface area (Å²) in [5, 5.41) is 0. The van der Waals surface area contributed by atoms with Crippen LogP contribution in [-0.2, 0) is 0 Å². The molecule has 0 aromatic heterocycles. The van der Waals surface area contributed by atoms with Crippen molar-refractivity contribution in [3.05, 3.63) is 42.0 Å². The van der Waals surface area contributed by atoms with Gasteiger partial charge >= 0.3 is 0 Å². The molecule has 0 aliphatic carbocycles. The van der Waals surface area contributed by atoms with Gasteiger partial charge in [0.2, 0.25) is 0 Å². The Morgan fingerprint density at radius 2 is 1.35 bits per heavy atom. The topological polar surface area (TPSA) is 28.2 Å². The standard InChI is InChI=1S/C21H29N3O2/c1-7-24(8-2)15-13-18(25-5)20(19(14-15)26-6)21-22(3)16-11-9-10-12-17(16)23(21)4/h9-14,21H,7-8H2,1-6H3. The van der Waals surface area contributed by atoms with Gasteiger partial charge in [-0.3, -0.25) is 0 Å². The van der Waals surface area contributed by atoms with Crippen LogP contribution in [0.3, 0.4) is 0 Å². The summed E-state index contributed by atoms with van der Waals surface area (Å²) in [5.41, 5.74) is 4.58. The maximum Gasteiger partial charge on any atom is 0.135 e. The van der Waals surface area contributed by atoms with Crippen LogP contribution in [0.1, 0.15) is 25.6 Å². The maximum atomic E-state index is 5.82. The molecule has 0 unspecified atom stereocenters. The van der Waals surface area contributed by atoms with Gasteiger partial charge in [0.1, 0.15) is 17.7 Å². The largest absolute Gasteiger partial charge is 0.496 e. The molecule has 0 radical (unpaired) electrons. The molecular weight excluding hydrogens is 326 g/mol. The predicted octanol–water partition coefficient (Wildman–Crippen LogP) is 4.13. The van der Waals surface area contributed by atoms with Gasteiger partial charge in [-0.05, 0) is 26.0 Å². The van der Waals surface area contributed by atoms with Crippen LogP contribution in [0.25, 0.3) is 0 Å². The van der Waals surface area contributed by atoms with E-state index >= 15 is 0 Å². The maximum absolute atomic E-state index is 5.82. The second-order valence-corrected chi connectivity index (χ2v) is 6.52. The first-order valence-electron chi connectivity index (χ1n) is 9.12. The van der Waals surface area contributed by atoms with Gasteiger partial charge in [-0.2, -0.15) is 0 Å². The molecule has 2 aromatic rings. The second-order valence-electron chi connectivity index (χ2n) is 6.52. The fraction of sp³-hybridized carbons (Fsp3) is 0.429. The summed E-state index contributed by atoms with van der Waals surface area (Å²) in [5.74, 6) is 1.70. The van der Waals surface area contributed by atoms with E-state index < -0.39 is 0 Å². The van der Waals surface area contributed by atoms with E-state index in [4.69, 9.17) is 9.47 Å². The Hall–Kier alpha value is -2.56. The molecule has 0 saturated heterocycles. The summed E-state index contributed by atoms with van der Waals surface area (Å²) in [6.45, 7) is 6.20. The van der Waals surface area contributed by atoms with Crippen LogP contribution in [0.4, 0.5) is 17.1 Å². The molecule has 0 spiro atoms. The predicted molar refractivity (Wildman–Crippen MR) is 109 cm³/mol. The van der Waals surface area contributed by atoms with Gasteiger partial charge in [0, 0.05) is 45.0 Å². The Kier molecular flexibility index (Phi) is 5.16. The zero-order valence-corrected chi connectivity index (χ0v) is 16.6. The van der Waals surface area contributed by atoms with Crippen molar-refractivity contribution in [2.75, 3.05) is 56.1 Å². The number of anilines is 3. The first-order valence-corrected chi connectivity index (χ1v) is 9.12. The van der Waals surface area contributed by atoms with Gasteiger partial charge < -0.3 is 24.2 Å². The minimum Gasteiger partial charge on any atom is -0.496 e. The molecular formula is C21H29N3O2. The summed E-state index contributed by atoms with van der Waals surface area (Å²) in [6.07, 6.45) is 0.0167. The van der Waals surface area contributed by atoms with Gasteiger partial charge in [-0.15, -0.1) is 0 Å². The van der Waals surface area contributed by atoms with Gasteiger partial charge in [-0.1, -0.05) is 12.1 Å². The monoisotopic (exact) mass is 355 g/mol. The first kappa shape index (κ1) is 18.2. The van der Waals surface area contributed by atoms with E-state index in [0.717, 1.165) is 35.8 Å². The number of hydrogen-bond donors (Lipinski definition) is 0. The van der Waals surface area contributed by atoms with Crippen molar-refractivity contribution < 1.29 is 9.47 Å². The number of benzene rings is 2. The third-order valence-electron chi connectivity index (χ3n) is 5.29. The van der Waals surface area contributed by atoms with E-state index in [1.807, 2.05) is 0 Å². The molecule has 1 heterocycles. The fourth-order valence-corrected chi connectivity index (χ4v) is 3.92. The van der Waals surface area contributed by atoms with Crippen LogP contribution >= 0.6 is 0 Å². The van der Waals surface area contributed by atoms with Crippen molar-refractivity contribution in [2.45, 2.75) is 20.0 Å². The highest BCUT2D eigenvalue weighted by atomic mass is 16.5. The highest BCUT2D eigenvalue weighted by Crippen LogP contribution is 2.49. The normalized spacial score (nSPS) is 13.8. The van der Waals surface area contributed by atoms with Gasteiger partial charge in [0.05, 0.1) is 31.2 Å². The number of fused-ring (bicyclic) bond motifs is 1. The number of ether oxygens (including phenoxy) is 2. The van der Waals surface area contributed by atoms with Crippen LogP contribution < -0.4 is 24.2 Å². The highest BCUT2D eigenvalue weighted by Gasteiger charge is 2.36. The molecule has 1 aliphatic heterocycles. The van der Waals surface area contributed by atoms with E-state index in [2.05, 4.69) is 79.0 Å². The van der Waals surface area contributed by atoms with Crippen molar-refractivity contribution in [3.63, 3.8) is 0 Å². The molecule has 3 rings (SSSR count). The molecule has 26 heavy (non-hydrogen) atoms. The lowest BCUT2D eigenvalue weighted by atomic mass is 10.1. The number of para-hydroxylation sites is 2. The first-order chi connectivity index (χ1) is 12.6. The second kappa shape index (κ2) is 7.36. The zero-order chi connectivity index (χ0) is 18.8. The van der Waals surface area contributed by atoms with Crippen molar-refractivity contribution in [1.82, 2.24) is 0 Å². The van der Waals surface area contributed by atoms with E-state index in [-0.39, 0.29) is 6.17 Å². The number of nitrogens with zero attached hydrogens (tertiary/aromatic N) is 3. The van der Waals surface area contributed by atoms with Crippen molar-refractivity contribution >= 4 is 17.1 Å². The number of methoxy groups -OCH3 is 2. The lowest BCUT2D eigenvalue weighted by Crippen LogP contribution is -2.31. The molecule has 2 aromatic carbocycles. The molecule has 5 nitrogen and oxygen atoms in total. The molecule has 0 bridgehead atoms. The fourth-order valence-electron chi connectivity index (χ4n) is 3.92. The van der Waals surface area contributed by atoms with Gasteiger partial charge in [-0.25, -0.2) is 0 Å². The summed E-state index contributed by atoms with van der Waals surface area (Å²) < 4.78 is 11.6. The van der Waals surface area contributed by atoms with Gasteiger partial charge in [0.25, 0.3) is 0 Å². The van der Waals surface area contributed by atoms with E-state index in [1.165, 1.54) is 11.4 Å². The average Bonchev–Trinajstić information content (AvgIpc) is 2.93. The summed E-state index contributed by atoms with van der Waals surface area (Å²) in [6, 6.07) is 12.7. The van der Waals surface area contributed by atoms with Crippen LogP contribution in [0.5, 0.6) is 11.5 Å². The minimum atomic E-state index is 0.0167. The molecule has 1 aliphatic rings. The SMILES string of the molecule is CCN(CC)c1cc(OC)c(C2N(C)c3ccccc3N2C)c(OC)c1.